The molecule has 4 aliphatic heterocycles. The van der Waals surface area contributed by atoms with Gasteiger partial charge in [-0.05, 0) is 76.2 Å². The third-order valence-corrected chi connectivity index (χ3v) is 10.8. The Morgan fingerprint density at radius 3 is 1.24 bits per heavy atom. The van der Waals surface area contributed by atoms with Gasteiger partial charge >= 0.3 is 11.9 Å². The molecular weight excluding hydrogens is 628 g/mol. The Balaban J connectivity index is 1.33. The molecule has 2 spiro atoms. The van der Waals surface area contributed by atoms with E-state index in [1.54, 1.807) is 12.1 Å². The van der Waals surface area contributed by atoms with Gasteiger partial charge in [0.25, 0.3) is 0 Å². The molecule has 0 radical (unpaired) electrons. The van der Waals surface area contributed by atoms with Gasteiger partial charge < -0.3 is 28.7 Å². The zero-order valence-corrected chi connectivity index (χ0v) is 28.4. The molecule has 0 N–H and O–H groups in total. The second-order valence-electron chi connectivity index (χ2n) is 13.0. The molecule has 0 aliphatic carbocycles. The van der Waals surface area contributed by atoms with Crippen molar-refractivity contribution in [1.82, 2.24) is 0 Å². The number of esters is 2. The Morgan fingerprint density at radius 2 is 0.840 bits per heavy atom. The Morgan fingerprint density at radius 1 is 0.460 bits per heavy atom. The molecule has 50 heavy (non-hydrogen) atoms. The van der Waals surface area contributed by atoms with Crippen molar-refractivity contribution in [2.24, 2.45) is 0 Å². The third-order valence-electron chi connectivity index (χ3n) is 10.8. The molecule has 0 bridgehead atoms. The number of rotatable bonds is 6. The first-order valence-corrected chi connectivity index (χ1v) is 17.4. The minimum Gasteiger partial charge on any atom is -0.456 e. The van der Waals surface area contributed by atoms with Crippen LogP contribution in [0.15, 0.2) is 97.1 Å². The number of hydrogen-bond donors (Lipinski definition) is 0. The molecule has 4 aliphatic rings. The summed E-state index contributed by atoms with van der Waals surface area (Å²) in [7, 11) is 0. The number of fused-ring (bicyclic) bond motifs is 12. The summed E-state index contributed by atoms with van der Waals surface area (Å²) in [4.78, 5) is 31.8. The molecule has 250 valence electrons. The zero-order valence-electron chi connectivity index (χ0n) is 28.4. The van der Waals surface area contributed by atoms with Crippen molar-refractivity contribution in [3.8, 4) is 23.0 Å². The maximum Gasteiger partial charge on any atom is 0.340 e. The van der Waals surface area contributed by atoms with Crippen LogP contribution >= 0.6 is 0 Å². The molecule has 2 unspecified atom stereocenters. The highest BCUT2D eigenvalue weighted by atomic mass is 16.6. The molecule has 0 fully saturated rings. The minimum atomic E-state index is -1.29. The minimum absolute atomic E-state index is 0.407. The van der Waals surface area contributed by atoms with E-state index in [4.69, 9.17) is 18.9 Å². The summed E-state index contributed by atoms with van der Waals surface area (Å²) in [5, 5.41) is 0. The highest BCUT2D eigenvalue weighted by molar-refractivity contribution is 5.98. The molecule has 4 heterocycles. The van der Waals surface area contributed by atoms with E-state index in [1.165, 1.54) is 0 Å². The average Bonchev–Trinajstić information content (AvgIpc) is 3.60. The molecule has 0 saturated heterocycles. The average molecular weight is 665 g/mol. The third kappa shape index (κ3) is 3.87. The van der Waals surface area contributed by atoms with E-state index in [9.17, 15) is 9.59 Å². The zero-order chi connectivity index (χ0) is 34.4. The monoisotopic (exact) mass is 664 g/mol. The smallest absolute Gasteiger partial charge is 0.340 e. The number of hydrogen-bond acceptors (Lipinski definition) is 8. The van der Waals surface area contributed by atoms with Crippen molar-refractivity contribution in [3.05, 3.63) is 142 Å². The standard InChI is InChI=1S/C42H36N2O6/c1-5-43(6-2)25-17-19-31-35(21-25)47-37-23-34-38(24-33(37)41(31)29-15-11-9-13-27(29)39(45)49-41)48-36-22-26(44(7-3)8-4)18-20-32(36)42(34)30-16-12-10-14-28(30)40(46)50-42/h9-24H,5-8H2,1-4H3. The van der Waals surface area contributed by atoms with Crippen molar-refractivity contribution in [1.29, 1.82) is 0 Å². The molecule has 2 atom stereocenters. The largest absolute Gasteiger partial charge is 0.456 e. The first-order chi connectivity index (χ1) is 24.4. The summed E-state index contributed by atoms with van der Waals surface area (Å²) in [6.07, 6.45) is 0. The van der Waals surface area contributed by atoms with Gasteiger partial charge in [-0.25, -0.2) is 9.59 Å². The van der Waals surface area contributed by atoms with E-state index >= 15 is 0 Å². The summed E-state index contributed by atoms with van der Waals surface area (Å²) in [6, 6.07) is 31.0. The number of carbonyl (C=O) groups is 2. The van der Waals surface area contributed by atoms with Crippen LogP contribution in [-0.4, -0.2) is 38.1 Å². The lowest BCUT2D eigenvalue weighted by Crippen LogP contribution is -2.36. The summed E-state index contributed by atoms with van der Waals surface area (Å²) < 4.78 is 26.7. The first-order valence-electron chi connectivity index (χ1n) is 17.4. The van der Waals surface area contributed by atoms with Crippen LogP contribution in [0.3, 0.4) is 0 Å². The topological polar surface area (TPSA) is 77.5 Å². The highest BCUT2D eigenvalue weighted by Crippen LogP contribution is 2.62. The number of carbonyl (C=O) groups excluding carboxylic acids is 2. The summed E-state index contributed by atoms with van der Waals surface area (Å²) in [6.45, 7) is 11.8. The Bertz CT molecular complexity index is 2100. The Labute approximate surface area is 290 Å². The van der Waals surface area contributed by atoms with Gasteiger partial charge in [-0.15, -0.1) is 0 Å². The summed E-state index contributed by atoms with van der Waals surface area (Å²) in [5.41, 5.74) is 4.61. The van der Waals surface area contributed by atoms with E-state index in [0.717, 1.165) is 59.8 Å². The van der Waals surface area contributed by atoms with Crippen LogP contribution in [-0.2, 0) is 20.7 Å². The van der Waals surface area contributed by atoms with Gasteiger partial charge in [0.1, 0.15) is 23.0 Å². The predicted octanol–water partition coefficient (Wildman–Crippen LogP) is 8.52. The second kappa shape index (κ2) is 10.9. The SMILES string of the molecule is CCN(CC)c1ccc2c(c1)Oc1cc3c(cc1C21OC(=O)c2ccccc21)Oc1cc(N(CC)CC)ccc1C31OC(=O)c2ccccc21. The molecule has 0 aromatic heterocycles. The van der Waals surface area contributed by atoms with E-state index in [-0.39, 0.29) is 0 Å². The van der Waals surface area contributed by atoms with Crippen LogP contribution in [0, 0.1) is 0 Å². The molecule has 8 heteroatoms. The van der Waals surface area contributed by atoms with Gasteiger partial charge in [-0.2, -0.15) is 0 Å². The second-order valence-corrected chi connectivity index (χ2v) is 13.0. The van der Waals surface area contributed by atoms with Gasteiger partial charge in [0.05, 0.1) is 22.3 Å². The fourth-order valence-corrected chi connectivity index (χ4v) is 8.38. The molecule has 5 aromatic carbocycles. The maximum atomic E-state index is 13.6. The van der Waals surface area contributed by atoms with Crippen LogP contribution in [0.25, 0.3) is 0 Å². The summed E-state index contributed by atoms with van der Waals surface area (Å²) >= 11 is 0. The van der Waals surface area contributed by atoms with E-state index in [0.29, 0.717) is 45.3 Å². The van der Waals surface area contributed by atoms with Crippen LogP contribution in [0.2, 0.25) is 0 Å². The lowest BCUT2D eigenvalue weighted by molar-refractivity contribution is 0.0195. The predicted molar refractivity (Wildman–Crippen MR) is 190 cm³/mol. The lowest BCUT2D eigenvalue weighted by atomic mass is 9.74. The van der Waals surface area contributed by atoms with Crippen molar-refractivity contribution in [2.45, 2.75) is 38.9 Å². The normalized spacial score (nSPS) is 20.0. The molecule has 0 amide bonds. The van der Waals surface area contributed by atoms with Gasteiger partial charge in [0, 0.05) is 71.9 Å². The van der Waals surface area contributed by atoms with Gasteiger partial charge in [-0.3, -0.25) is 0 Å². The lowest BCUT2D eigenvalue weighted by Gasteiger charge is -2.41. The van der Waals surface area contributed by atoms with Crippen LogP contribution < -0.4 is 19.3 Å². The molecule has 8 nitrogen and oxygen atoms in total. The molecule has 5 aromatic rings. The van der Waals surface area contributed by atoms with Crippen LogP contribution in [0.4, 0.5) is 11.4 Å². The first kappa shape index (κ1) is 30.3. The summed E-state index contributed by atoms with van der Waals surface area (Å²) in [5.74, 6) is 1.34. The van der Waals surface area contributed by atoms with Crippen molar-refractivity contribution >= 4 is 23.3 Å². The number of nitrogens with zero attached hydrogens (tertiary/aromatic N) is 2. The van der Waals surface area contributed by atoms with E-state index in [2.05, 4.69) is 49.6 Å². The maximum absolute atomic E-state index is 13.6. The van der Waals surface area contributed by atoms with Crippen molar-refractivity contribution < 1.29 is 28.5 Å². The number of anilines is 2. The number of benzene rings is 5. The van der Waals surface area contributed by atoms with Gasteiger partial charge in [-0.1, -0.05) is 36.4 Å². The van der Waals surface area contributed by atoms with Gasteiger partial charge in [0.2, 0.25) is 0 Å². The van der Waals surface area contributed by atoms with Crippen molar-refractivity contribution in [3.63, 3.8) is 0 Å². The fraction of sp³-hybridized carbons (Fsp3) is 0.238. The Hall–Kier alpha value is -5.76. The van der Waals surface area contributed by atoms with Gasteiger partial charge in [0.15, 0.2) is 11.2 Å². The van der Waals surface area contributed by atoms with Crippen molar-refractivity contribution in [2.75, 3.05) is 36.0 Å². The highest BCUT2D eigenvalue weighted by Gasteiger charge is 2.57. The van der Waals surface area contributed by atoms with E-state index < -0.39 is 23.1 Å². The quantitative estimate of drug-likeness (QED) is 0.167. The number of ether oxygens (including phenoxy) is 4. The van der Waals surface area contributed by atoms with Crippen LogP contribution in [0.1, 0.15) is 81.8 Å². The van der Waals surface area contributed by atoms with Crippen LogP contribution in [0.5, 0.6) is 23.0 Å². The molecule has 0 saturated carbocycles. The molecular formula is C42H36N2O6. The fourth-order valence-electron chi connectivity index (χ4n) is 8.38. The Kier molecular flexibility index (Phi) is 6.59. The van der Waals surface area contributed by atoms with E-state index in [1.807, 2.05) is 72.8 Å². The molecule has 9 rings (SSSR count).